The highest BCUT2D eigenvalue weighted by Gasteiger charge is 2.37. The SMILES string of the molecule is COC[C@@H]1CCCN1C(=O)C1=C[C@@](C)(C/C=C/C(=O)OC)CCC1=O. The van der Waals surface area contributed by atoms with Crippen LogP contribution in [-0.2, 0) is 23.9 Å². The molecule has 1 heterocycles. The molecule has 0 aromatic rings. The molecule has 0 saturated carbocycles. The predicted molar refractivity (Wildman–Crippen MR) is 92.8 cm³/mol. The molecule has 0 aromatic carbocycles. The Morgan fingerprint density at radius 1 is 1.40 bits per heavy atom. The number of hydrogen-bond acceptors (Lipinski definition) is 5. The van der Waals surface area contributed by atoms with Crippen LogP contribution in [0.4, 0.5) is 0 Å². The Labute approximate surface area is 148 Å². The van der Waals surface area contributed by atoms with Gasteiger partial charge in [-0.25, -0.2) is 4.79 Å². The van der Waals surface area contributed by atoms with Crippen LogP contribution in [0.3, 0.4) is 0 Å². The Balaban J connectivity index is 2.15. The molecule has 0 N–H and O–H groups in total. The van der Waals surface area contributed by atoms with Gasteiger partial charge in [0.25, 0.3) is 5.91 Å². The summed E-state index contributed by atoms with van der Waals surface area (Å²) in [5, 5.41) is 0. The summed E-state index contributed by atoms with van der Waals surface area (Å²) in [5.41, 5.74) is -0.0388. The molecule has 138 valence electrons. The van der Waals surface area contributed by atoms with Crippen LogP contribution in [0.5, 0.6) is 0 Å². The van der Waals surface area contributed by atoms with Gasteiger partial charge in [0.05, 0.1) is 25.3 Å². The highest BCUT2D eigenvalue weighted by Crippen LogP contribution is 2.37. The molecule has 1 aliphatic carbocycles. The van der Waals surface area contributed by atoms with E-state index in [1.54, 1.807) is 24.2 Å². The van der Waals surface area contributed by atoms with Gasteiger partial charge >= 0.3 is 5.97 Å². The van der Waals surface area contributed by atoms with Crippen molar-refractivity contribution in [2.75, 3.05) is 27.4 Å². The summed E-state index contributed by atoms with van der Waals surface area (Å²) < 4.78 is 9.78. The molecule has 0 spiro atoms. The van der Waals surface area contributed by atoms with E-state index in [4.69, 9.17) is 4.74 Å². The Bertz CT molecular complexity index is 595. The van der Waals surface area contributed by atoms with E-state index in [1.807, 2.05) is 6.92 Å². The van der Waals surface area contributed by atoms with Crippen molar-refractivity contribution >= 4 is 17.7 Å². The van der Waals surface area contributed by atoms with Crippen LogP contribution >= 0.6 is 0 Å². The molecule has 1 amide bonds. The fourth-order valence-corrected chi connectivity index (χ4v) is 3.49. The number of Topliss-reactive ketones (excluding diaryl/α,β-unsaturated/α-hetero) is 1. The molecule has 1 fully saturated rings. The van der Waals surface area contributed by atoms with E-state index in [1.165, 1.54) is 13.2 Å². The Morgan fingerprint density at radius 2 is 2.16 bits per heavy atom. The Hall–Kier alpha value is -1.95. The van der Waals surface area contributed by atoms with Crippen LogP contribution in [0, 0.1) is 5.41 Å². The van der Waals surface area contributed by atoms with E-state index in [9.17, 15) is 14.4 Å². The van der Waals surface area contributed by atoms with Gasteiger partial charge in [0.1, 0.15) is 0 Å². The van der Waals surface area contributed by atoms with Gasteiger partial charge in [0, 0.05) is 26.2 Å². The molecular formula is C19H27NO5. The molecule has 0 aromatic heterocycles. The first kappa shape index (κ1) is 19.4. The van der Waals surface area contributed by atoms with Gasteiger partial charge in [-0.1, -0.05) is 19.1 Å². The van der Waals surface area contributed by atoms with Crippen molar-refractivity contribution in [2.45, 2.75) is 45.1 Å². The number of carbonyl (C=O) groups is 3. The lowest BCUT2D eigenvalue weighted by Gasteiger charge is -2.32. The zero-order chi connectivity index (χ0) is 18.4. The van der Waals surface area contributed by atoms with E-state index < -0.39 is 5.97 Å². The summed E-state index contributed by atoms with van der Waals surface area (Å²) in [6, 6.07) is 0.0404. The maximum Gasteiger partial charge on any atom is 0.330 e. The lowest BCUT2D eigenvalue weighted by molar-refractivity contribution is -0.135. The van der Waals surface area contributed by atoms with Crippen molar-refractivity contribution in [3.05, 3.63) is 23.8 Å². The highest BCUT2D eigenvalue weighted by atomic mass is 16.5. The van der Waals surface area contributed by atoms with Crippen molar-refractivity contribution in [3.8, 4) is 0 Å². The molecule has 1 saturated heterocycles. The van der Waals surface area contributed by atoms with Gasteiger partial charge in [-0.15, -0.1) is 0 Å². The van der Waals surface area contributed by atoms with Gasteiger partial charge in [0.15, 0.2) is 5.78 Å². The topological polar surface area (TPSA) is 72.9 Å². The first-order chi connectivity index (χ1) is 11.9. The zero-order valence-corrected chi connectivity index (χ0v) is 15.2. The average molecular weight is 349 g/mol. The van der Waals surface area contributed by atoms with Crippen molar-refractivity contribution in [1.82, 2.24) is 4.90 Å². The third-order valence-electron chi connectivity index (χ3n) is 4.98. The average Bonchev–Trinajstić information content (AvgIpc) is 3.05. The largest absolute Gasteiger partial charge is 0.466 e. The van der Waals surface area contributed by atoms with Gasteiger partial charge in [-0.3, -0.25) is 9.59 Å². The smallest absolute Gasteiger partial charge is 0.330 e. The number of ketones is 1. The Morgan fingerprint density at radius 3 is 2.84 bits per heavy atom. The quantitative estimate of drug-likeness (QED) is 0.417. The molecule has 2 aliphatic rings. The zero-order valence-electron chi connectivity index (χ0n) is 15.2. The summed E-state index contributed by atoms with van der Waals surface area (Å²) in [6.07, 6.45) is 8.34. The third kappa shape index (κ3) is 4.78. The number of carbonyl (C=O) groups excluding carboxylic acids is 3. The number of nitrogens with zero attached hydrogens (tertiary/aromatic N) is 1. The number of allylic oxidation sites excluding steroid dienone is 2. The fourth-order valence-electron chi connectivity index (χ4n) is 3.49. The molecule has 6 nitrogen and oxygen atoms in total. The van der Waals surface area contributed by atoms with E-state index >= 15 is 0 Å². The van der Waals surface area contributed by atoms with Gasteiger partial charge < -0.3 is 14.4 Å². The van der Waals surface area contributed by atoms with E-state index in [0.29, 0.717) is 32.4 Å². The van der Waals surface area contributed by atoms with Gasteiger partial charge in [-0.05, 0) is 31.1 Å². The van der Waals surface area contributed by atoms with Gasteiger partial charge in [-0.2, -0.15) is 0 Å². The molecule has 2 rings (SSSR count). The highest BCUT2D eigenvalue weighted by molar-refractivity contribution is 6.19. The summed E-state index contributed by atoms with van der Waals surface area (Å²) in [5.74, 6) is -0.690. The molecule has 1 aliphatic heterocycles. The van der Waals surface area contributed by atoms with Crippen molar-refractivity contribution in [1.29, 1.82) is 0 Å². The predicted octanol–water partition coefficient (Wildman–Crippen LogP) is 2.04. The second kappa shape index (κ2) is 8.43. The molecule has 0 bridgehead atoms. The number of likely N-dealkylation sites (tertiary alicyclic amines) is 1. The van der Waals surface area contributed by atoms with Crippen LogP contribution in [0.15, 0.2) is 23.8 Å². The maximum atomic E-state index is 12.9. The minimum Gasteiger partial charge on any atom is -0.466 e. The van der Waals surface area contributed by atoms with Crippen LogP contribution in [0.2, 0.25) is 0 Å². The van der Waals surface area contributed by atoms with Crippen LogP contribution in [0.1, 0.15) is 39.0 Å². The minimum atomic E-state index is -0.407. The molecule has 25 heavy (non-hydrogen) atoms. The summed E-state index contributed by atoms with van der Waals surface area (Å²) in [7, 11) is 2.95. The van der Waals surface area contributed by atoms with Gasteiger partial charge in [0.2, 0.25) is 0 Å². The number of rotatable bonds is 6. The van der Waals surface area contributed by atoms with Crippen LogP contribution in [-0.4, -0.2) is 56.0 Å². The Kier molecular flexibility index (Phi) is 6.53. The number of methoxy groups -OCH3 is 2. The van der Waals surface area contributed by atoms with Crippen molar-refractivity contribution < 1.29 is 23.9 Å². The second-order valence-electron chi connectivity index (χ2n) is 7.01. The summed E-state index contributed by atoms with van der Waals surface area (Å²) >= 11 is 0. The lowest BCUT2D eigenvalue weighted by atomic mass is 9.75. The number of amides is 1. The van der Waals surface area contributed by atoms with E-state index in [0.717, 1.165) is 12.8 Å². The third-order valence-corrected chi connectivity index (χ3v) is 4.98. The monoisotopic (exact) mass is 349 g/mol. The summed E-state index contributed by atoms with van der Waals surface area (Å²) in [6.45, 7) is 3.16. The second-order valence-corrected chi connectivity index (χ2v) is 7.01. The lowest BCUT2D eigenvalue weighted by Crippen LogP contribution is -2.41. The summed E-state index contributed by atoms with van der Waals surface area (Å²) in [4.78, 5) is 38.2. The first-order valence-corrected chi connectivity index (χ1v) is 8.70. The van der Waals surface area contributed by atoms with Crippen molar-refractivity contribution in [2.24, 2.45) is 5.41 Å². The molecule has 0 radical (unpaired) electrons. The molecule has 0 unspecified atom stereocenters. The number of hydrogen-bond donors (Lipinski definition) is 0. The maximum absolute atomic E-state index is 12.9. The van der Waals surface area contributed by atoms with Crippen LogP contribution in [0.25, 0.3) is 0 Å². The number of ether oxygens (including phenoxy) is 2. The molecule has 6 heteroatoms. The normalized spacial score (nSPS) is 26.8. The molecule has 2 atom stereocenters. The van der Waals surface area contributed by atoms with Crippen LogP contribution < -0.4 is 0 Å². The number of esters is 1. The van der Waals surface area contributed by atoms with Crippen molar-refractivity contribution in [3.63, 3.8) is 0 Å². The van der Waals surface area contributed by atoms with E-state index in [-0.39, 0.29) is 28.7 Å². The minimum absolute atomic E-state index is 0.0404. The van der Waals surface area contributed by atoms with E-state index in [2.05, 4.69) is 4.74 Å². The fraction of sp³-hybridized carbons (Fsp3) is 0.632. The standard InChI is InChI=1S/C19H27NO5/c1-19(9-4-7-17(22)25-3)10-8-16(21)15(12-19)18(23)20-11-5-6-14(20)13-24-2/h4,7,12,14H,5-6,8-11,13H2,1-3H3/b7-4+/t14-,19-/m0/s1. The first-order valence-electron chi connectivity index (χ1n) is 8.70. The molecular weight excluding hydrogens is 322 g/mol.